The first-order chi connectivity index (χ1) is 14.1. The second-order valence-corrected chi connectivity index (χ2v) is 7.40. The molecule has 3 rings (SSSR count). The van der Waals surface area contributed by atoms with Crippen molar-refractivity contribution in [1.29, 1.82) is 0 Å². The average molecular weight is 394 g/mol. The molecular weight excluding hydrogens is 362 g/mol. The van der Waals surface area contributed by atoms with Crippen LogP contribution in [0.4, 0.5) is 0 Å². The second-order valence-electron chi connectivity index (χ2n) is 7.40. The number of amides is 2. The van der Waals surface area contributed by atoms with Crippen LogP contribution in [0.15, 0.2) is 54.6 Å². The van der Waals surface area contributed by atoms with Crippen LogP contribution in [0.3, 0.4) is 0 Å². The summed E-state index contributed by atoms with van der Waals surface area (Å²) in [6, 6.07) is 17.9. The highest BCUT2D eigenvalue weighted by Gasteiger charge is 2.25. The van der Waals surface area contributed by atoms with Crippen LogP contribution in [-0.4, -0.2) is 72.3 Å². The van der Waals surface area contributed by atoms with E-state index in [-0.39, 0.29) is 11.8 Å². The third kappa shape index (κ3) is 5.45. The third-order valence-corrected chi connectivity index (χ3v) is 5.67. The topological polar surface area (TPSA) is 43.9 Å². The summed E-state index contributed by atoms with van der Waals surface area (Å²) in [5.41, 5.74) is 2.85. The molecule has 29 heavy (non-hydrogen) atoms. The highest BCUT2D eigenvalue weighted by molar-refractivity contribution is 5.95. The molecule has 0 radical (unpaired) electrons. The Hall–Kier alpha value is -2.66. The van der Waals surface area contributed by atoms with E-state index in [1.165, 1.54) is 0 Å². The zero-order valence-electron chi connectivity index (χ0n) is 17.5. The van der Waals surface area contributed by atoms with Gasteiger partial charge in [-0.05, 0) is 36.3 Å². The molecule has 1 heterocycles. The van der Waals surface area contributed by atoms with Crippen LogP contribution in [0.5, 0.6) is 0 Å². The summed E-state index contributed by atoms with van der Waals surface area (Å²) >= 11 is 0. The first kappa shape index (κ1) is 21.1. The van der Waals surface area contributed by atoms with Crippen molar-refractivity contribution in [1.82, 2.24) is 14.7 Å². The van der Waals surface area contributed by atoms with E-state index in [0.29, 0.717) is 38.2 Å². The van der Waals surface area contributed by atoms with Crippen LogP contribution in [0.2, 0.25) is 0 Å². The van der Waals surface area contributed by atoms with E-state index in [2.05, 4.69) is 18.7 Å². The lowest BCUT2D eigenvalue weighted by atomic mass is 10.0. The van der Waals surface area contributed by atoms with Gasteiger partial charge in [-0.2, -0.15) is 0 Å². The molecule has 0 aliphatic carbocycles. The fourth-order valence-electron chi connectivity index (χ4n) is 3.76. The van der Waals surface area contributed by atoms with Gasteiger partial charge in [0.1, 0.15) is 0 Å². The van der Waals surface area contributed by atoms with Crippen LogP contribution in [0.25, 0.3) is 11.1 Å². The summed E-state index contributed by atoms with van der Waals surface area (Å²) in [4.78, 5) is 31.5. The highest BCUT2D eigenvalue weighted by Crippen LogP contribution is 2.21. The maximum Gasteiger partial charge on any atom is 0.253 e. The van der Waals surface area contributed by atoms with Crippen molar-refractivity contribution >= 4 is 11.8 Å². The Labute approximate surface area is 173 Å². The van der Waals surface area contributed by atoms with Crippen LogP contribution in [-0.2, 0) is 4.79 Å². The summed E-state index contributed by atoms with van der Waals surface area (Å²) in [7, 11) is 0. The lowest BCUT2D eigenvalue weighted by Crippen LogP contribution is -2.51. The molecule has 154 valence electrons. The zero-order chi connectivity index (χ0) is 20.6. The molecule has 1 aliphatic heterocycles. The molecular formula is C24H31N3O2. The maximum atomic E-state index is 13.0. The first-order valence-corrected chi connectivity index (χ1v) is 10.6. The van der Waals surface area contributed by atoms with Gasteiger partial charge in [0.2, 0.25) is 5.91 Å². The van der Waals surface area contributed by atoms with Crippen LogP contribution in [0, 0.1) is 0 Å². The minimum atomic E-state index is 0.0398. The van der Waals surface area contributed by atoms with Crippen molar-refractivity contribution in [2.75, 3.05) is 45.8 Å². The standard InChI is InChI=1S/C24H31N3O2/c1-3-25(4-2)14-13-23(28)26-15-17-27(18-16-26)24(29)22-12-8-11-21(19-22)20-9-6-5-7-10-20/h5-12,19H,3-4,13-18H2,1-2H3. The quantitative estimate of drug-likeness (QED) is 0.724. The van der Waals surface area contributed by atoms with Crippen molar-refractivity contribution in [2.45, 2.75) is 20.3 Å². The van der Waals surface area contributed by atoms with Crippen molar-refractivity contribution in [2.24, 2.45) is 0 Å². The first-order valence-electron chi connectivity index (χ1n) is 10.6. The molecule has 2 aromatic rings. The van der Waals surface area contributed by atoms with Crippen molar-refractivity contribution in [3.63, 3.8) is 0 Å². The van der Waals surface area contributed by atoms with Gasteiger partial charge in [0, 0.05) is 44.7 Å². The lowest BCUT2D eigenvalue weighted by molar-refractivity contribution is -0.133. The molecule has 1 fully saturated rings. The van der Waals surface area contributed by atoms with E-state index < -0.39 is 0 Å². The molecule has 0 unspecified atom stereocenters. The third-order valence-electron chi connectivity index (χ3n) is 5.67. The van der Waals surface area contributed by atoms with Gasteiger partial charge in [0.05, 0.1) is 0 Å². The van der Waals surface area contributed by atoms with E-state index in [4.69, 9.17) is 0 Å². The fraction of sp³-hybridized carbons (Fsp3) is 0.417. The maximum absolute atomic E-state index is 13.0. The predicted octanol–water partition coefficient (Wildman–Crippen LogP) is 3.37. The summed E-state index contributed by atoms with van der Waals surface area (Å²) in [6.45, 7) is 9.37. The molecule has 0 spiro atoms. The SMILES string of the molecule is CCN(CC)CCC(=O)N1CCN(C(=O)c2cccc(-c3ccccc3)c2)CC1. The number of piperazine rings is 1. The van der Waals surface area contributed by atoms with Gasteiger partial charge in [-0.25, -0.2) is 0 Å². The van der Waals surface area contributed by atoms with Gasteiger partial charge in [-0.3, -0.25) is 9.59 Å². The monoisotopic (exact) mass is 393 g/mol. The number of carbonyl (C=O) groups is 2. The molecule has 0 aromatic heterocycles. The van der Waals surface area contributed by atoms with Crippen LogP contribution < -0.4 is 0 Å². The van der Waals surface area contributed by atoms with E-state index in [0.717, 1.165) is 30.8 Å². The Morgan fingerprint density at radius 3 is 2.10 bits per heavy atom. The minimum absolute atomic E-state index is 0.0398. The molecule has 2 amide bonds. The molecule has 0 N–H and O–H groups in total. The van der Waals surface area contributed by atoms with Crippen molar-refractivity contribution in [3.8, 4) is 11.1 Å². The van der Waals surface area contributed by atoms with E-state index in [9.17, 15) is 9.59 Å². The van der Waals surface area contributed by atoms with Gasteiger partial charge in [0.25, 0.3) is 5.91 Å². The van der Waals surface area contributed by atoms with Crippen molar-refractivity contribution in [3.05, 3.63) is 60.2 Å². The fourth-order valence-corrected chi connectivity index (χ4v) is 3.76. The summed E-state index contributed by atoms with van der Waals surface area (Å²) < 4.78 is 0. The van der Waals surface area contributed by atoms with E-state index >= 15 is 0 Å². The van der Waals surface area contributed by atoms with E-state index in [1.807, 2.05) is 64.4 Å². The molecule has 1 saturated heterocycles. The molecule has 5 nitrogen and oxygen atoms in total. The molecule has 2 aromatic carbocycles. The summed E-state index contributed by atoms with van der Waals surface area (Å²) in [6.07, 6.45) is 0.550. The molecule has 0 bridgehead atoms. The van der Waals surface area contributed by atoms with E-state index in [1.54, 1.807) is 0 Å². The number of hydrogen-bond acceptors (Lipinski definition) is 3. The van der Waals surface area contributed by atoms with Gasteiger partial charge >= 0.3 is 0 Å². The normalized spacial score (nSPS) is 14.3. The summed E-state index contributed by atoms with van der Waals surface area (Å²) in [5.74, 6) is 0.230. The lowest BCUT2D eigenvalue weighted by Gasteiger charge is -2.35. The Kier molecular flexibility index (Phi) is 7.42. The van der Waals surface area contributed by atoms with Gasteiger partial charge in [-0.15, -0.1) is 0 Å². The Bertz CT molecular complexity index is 810. The Morgan fingerprint density at radius 2 is 1.45 bits per heavy atom. The van der Waals surface area contributed by atoms with Crippen LogP contribution >= 0.6 is 0 Å². The number of benzene rings is 2. The Morgan fingerprint density at radius 1 is 0.828 bits per heavy atom. The van der Waals surface area contributed by atoms with Gasteiger partial charge in [0.15, 0.2) is 0 Å². The van der Waals surface area contributed by atoms with Gasteiger partial charge in [-0.1, -0.05) is 56.3 Å². The number of rotatable bonds is 7. The molecule has 5 heteroatoms. The summed E-state index contributed by atoms with van der Waals surface area (Å²) in [5, 5.41) is 0. The zero-order valence-corrected chi connectivity index (χ0v) is 17.5. The van der Waals surface area contributed by atoms with Gasteiger partial charge < -0.3 is 14.7 Å². The smallest absolute Gasteiger partial charge is 0.253 e. The highest BCUT2D eigenvalue weighted by atomic mass is 16.2. The average Bonchev–Trinajstić information content (AvgIpc) is 2.80. The number of carbonyl (C=O) groups excluding carboxylic acids is 2. The molecule has 0 saturated carbocycles. The number of nitrogens with zero attached hydrogens (tertiary/aromatic N) is 3. The predicted molar refractivity (Wildman–Crippen MR) is 117 cm³/mol. The molecule has 0 atom stereocenters. The van der Waals surface area contributed by atoms with Crippen molar-refractivity contribution < 1.29 is 9.59 Å². The minimum Gasteiger partial charge on any atom is -0.339 e. The second kappa shape index (κ2) is 10.2. The Balaban J connectivity index is 1.56. The number of hydrogen-bond donors (Lipinski definition) is 0. The van der Waals surface area contributed by atoms with Crippen LogP contribution in [0.1, 0.15) is 30.6 Å². The molecule has 1 aliphatic rings. The largest absolute Gasteiger partial charge is 0.339 e.